The van der Waals surface area contributed by atoms with E-state index in [9.17, 15) is 13.2 Å². The summed E-state index contributed by atoms with van der Waals surface area (Å²) in [6.45, 7) is 0.397. The maximum Gasteiger partial charge on any atom is 0.238 e. The zero-order valence-electron chi connectivity index (χ0n) is 10.9. The molecule has 7 nitrogen and oxygen atoms in total. The van der Waals surface area contributed by atoms with Crippen LogP contribution in [0.15, 0.2) is 41.6 Å². The number of carbonyl (C=O) groups excluding carboxylic acids is 1. The lowest BCUT2D eigenvalue weighted by atomic mass is 10.3. The monoisotopic (exact) mass is 328 g/mol. The smallest absolute Gasteiger partial charge is 0.238 e. The van der Waals surface area contributed by atoms with E-state index in [0.717, 1.165) is 0 Å². The van der Waals surface area contributed by atoms with E-state index < -0.39 is 10.0 Å². The lowest BCUT2D eigenvalue weighted by Gasteiger charge is -2.06. The molecule has 9 heteroatoms. The van der Waals surface area contributed by atoms with Crippen molar-refractivity contribution in [3.05, 3.63) is 41.7 Å². The standard InChI is InChI=1S/C12H13ClN4O3S/c13-9-7-15-17(8-9)6-5-12(18)16-10-1-3-11(4-2-10)21(14,19)20/h1-4,7-8H,5-6H2,(H,16,18)(H2,14,19,20). The summed E-state index contributed by atoms with van der Waals surface area (Å²) in [6, 6.07) is 5.61. The number of hydrogen-bond donors (Lipinski definition) is 2. The topological polar surface area (TPSA) is 107 Å². The molecule has 2 rings (SSSR count). The van der Waals surface area contributed by atoms with E-state index >= 15 is 0 Å². The number of anilines is 1. The number of primary sulfonamides is 1. The van der Waals surface area contributed by atoms with Crippen molar-refractivity contribution >= 4 is 33.2 Å². The molecule has 0 saturated carbocycles. The Bertz CT molecular complexity index is 740. The van der Waals surface area contributed by atoms with Crippen molar-refractivity contribution in [2.75, 3.05) is 5.32 Å². The highest BCUT2D eigenvalue weighted by atomic mass is 35.5. The highest BCUT2D eigenvalue weighted by molar-refractivity contribution is 7.89. The first-order chi connectivity index (χ1) is 9.84. The lowest BCUT2D eigenvalue weighted by Crippen LogP contribution is -2.15. The number of nitrogens with one attached hydrogen (secondary N) is 1. The Labute approximate surface area is 126 Å². The van der Waals surface area contributed by atoms with Crippen LogP contribution in [0.3, 0.4) is 0 Å². The molecule has 0 unspecified atom stereocenters. The van der Waals surface area contributed by atoms with Crippen LogP contribution >= 0.6 is 11.6 Å². The molecule has 1 aromatic carbocycles. The van der Waals surface area contributed by atoms with Crippen molar-refractivity contribution in [1.82, 2.24) is 9.78 Å². The molecule has 21 heavy (non-hydrogen) atoms. The number of hydrogen-bond acceptors (Lipinski definition) is 4. The maximum absolute atomic E-state index is 11.7. The molecule has 0 aliphatic rings. The first kappa shape index (κ1) is 15.5. The van der Waals surface area contributed by atoms with Gasteiger partial charge >= 0.3 is 0 Å². The third-order valence-corrected chi connectivity index (χ3v) is 3.76. The average molecular weight is 329 g/mol. The molecular weight excluding hydrogens is 316 g/mol. The molecule has 0 bridgehead atoms. The number of benzene rings is 1. The molecule has 1 amide bonds. The third kappa shape index (κ3) is 4.55. The van der Waals surface area contributed by atoms with Crippen molar-refractivity contribution in [1.29, 1.82) is 0 Å². The van der Waals surface area contributed by atoms with Gasteiger partial charge in [0, 0.05) is 24.8 Å². The summed E-state index contributed by atoms with van der Waals surface area (Å²) in [6.07, 6.45) is 3.33. The Morgan fingerprint density at radius 3 is 2.52 bits per heavy atom. The van der Waals surface area contributed by atoms with Gasteiger partial charge in [-0.25, -0.2) is 13.6 Å². The molecular formula is C12H13ClN4O3S. The zero-order chi connectivity index (χ0) is 15.5. The van der Waals surface area contributed by atoms with E-state index in [4.69, 9.17) is 16.7 Å². The number of nitrogens with zero attached hydrogens (tertiary/aromatic N) is 2. The van der Waals surface area contributed by atoms with Crippen LogP contribution in [0.25, 0.3) is 0 Å². The zero-order valence-corrected chi connectivity index (χ0v) is 12.4. The predicted octanol–water partition coefficient (Wildman–Crippen LogP) is 1.21. The molecule has 112 valence electrons. The van der Waals surface area contributed by atoms with E-state index in [1.807, 2.05) is 0 Å². The second kappa shape index (κ2) is 6.25. The van der Waals surface area contributed by atoms with Gasteiger partial charge in [-0.1, -0.05) is 11.6 Å². The van der Waals surface area contributed by atoms with Gasteiger partial charge in [0.2, 0.25) is 15.9 Å². The molecule has 0 aliphatic heterocycles. The normalized spacial score (nSPS) is 11.3. The van der Waals surface area contributed by atoms with Gasteiger partial charge in [0.05, 0.1) is 16.1 Å². The van der Waals surface area contributed by atoms with Gasteiger partial charge in [0.1, 0.15) is 0 Å². The van der Waals surface area contributed by atoms with Gasteiger partial charge in [-0.2, -0.15) is 5.10 Å². The van der Waals surface area contributed by atoms with Crippen LogP contribution in [0.4, 0.5) is 5.69 Å². The lowest BCUT2D eigenvalue weighted by molar-refractivity contribution is -0.116. The van der Waals surface area contributed by atoms with Gasteiger partial charge in [0.25, 0.3) is 0 Å². The molecule has 0 spiro atoms. The quantitative estimate of drug-likeness (QED) is 0.860. The SMILES string of the molecule is NS(=O)(=O)c1ccc(NC(=O)CCn2cc(Cl)cn2)cc1. The van der Waals surface area contributed by atoms with Gasteiger partial charge in [-0.3, -0.25) is 9.48 Å². The van der Waals surface area contributed by atoms with Gasteiger partial charge < -0.3 is 5.32 Å². The molecule has 0 fully saturated rings. The molecule has 0 saturated heterocycles. The Kier molecular flexibility index (Phi) is 4.61. The van der Waals surface area contributed by atoms with E-state index in [1.54, 1.807) is 10.9 Å². The molecule has 2 aromatic rings. The molecule has 0 atom stereocenters. The minimum Gasteiger partial charge on any atom is -0.326 e. The van der Waals surface area contributed by atoms with Crippen LogP contribution in [0.1, 0.15) is 6.42 Å². The second-order valence-electron chi connectivity index (χ2n) is 4.29. The summed E-state index contributed by atoms with van der Waals surface area (Å²) in [7, 11) is -3.73. The molecule has 1 heterocycles. The summed E-state index contributed by atoms with van der Waals surface area (Å²) in [5.74, 6) is -0.218. The predicted molar refractivity (Wildman–Crippen MR) is 78.3 cm³/mol. The Morgan fingerprint density at radius 1 is 1.33 bits per heavy atom. The highest BCUT2D eigenvalue weighted by Gasteiger charge is 2.08. The number of aryl methyl sites for hydroxylation is 1. The number of sulfonamides is 1. The number of nitrogens with two attached hydrogens (primary N) is 1. The van der Waals surface area contributed by atoms with Crippen LogP contribution in [0.5, 0.6) is 0 Å². The number of carbonyl (C=O) groups is 1. The first-order valence-corrected chi connectivity index (χ1v) is 7.88. The first-order valence-electron chi connectivity index (χ1n) is 5.95. The number of halogens is 1. The van der Waals surface area contributed by atoms with Crippen LogP contribution in [0, 0.1) is 0 Å². The van der Waals surface area contributed by atoms with Crippen molar-refractivity contribution in [2.45, 2.75) is 17.9 Å². The van der Waals surface area contributed by atoms with Crippen molar-refractivity contribution < 1.29 is 13.2 Å². The van der Waals surface area contributed by atoms with Crippen LogP contribution < -0.4 is 10.5 Å². The fourth-order valence-corrected chi connectivity index (χ4v) is 2.30. The van der Waals surface area contributed by atoms with Gasteiger partial charge in [-0.15, -0.1) is 0 Å². The van der Waals surface area contributed by atoms with Crippen molar-refractivity contribution in [3.8, 4) is 0 Å². The minimum atomic E-state index is -3.73. The molecule has 0 aliphatic carbocycles. The Morgan fingerprint density at radius 2 is 2.00 bits per heavy atom. The molecule has 0 radical (unpaired) electrons. The van der Waals surface area contributed by atoms with Crippen molar-refractivity contribution in [2.24, 2.45) is 5.14 Å². The van der Waals surface area contributed by atoms with Gasteiger partial charge in [0.15, 0.2) is 0 Å². The molecule has 3 N–H and O–H groups in total. The third-order valence-electron chi connectivity index (χ3n) is 2.64. The van der Waals surface area contributed by atoms with E-state index in [1.165, 1.54) is 30.5 Å². The maximum atomic E-state index is 11.7. The Balaban J connectivity index is 1.90. The second-order valence-corrected chi connectivity index (χ2v) is 6.29. The molecule has 1 aromatic heterocycles. The number of aromatic nitrogens is 2. The summed E-state index contributed by atoms with van der Waals surface area (Å²) in [5, 5.41) is 12.1. The van der Waals surface area contributed by atoms with E-state index in [0.29, 0.717) is 17.3 Å². The number of amides is 1. The average Bonchev–Trinajstić information content (AvgIpc) is 2.82. The largest absolute Gasteiger partial charge is 0.326 e. The van der Waals surface area contributed by atoms with Crippen molar-refractivity contribution in [3.63, 3.8) is 0 Å². The Hall–Kier alpha value is -1.90. The van der Waals surface area contributed by atoms with E-state index in [-0.39, 0.29) is 17.2 Å². The summed E-state index contributed by atoms with van der Waals surface area (Å²) in [5.41, 5.74) is 0.492. The van der Waals surface area contributed by atoms with Gasteiger partial charge in [-0.05, 0) is 24.3 Å². The van der Waals surface area contributed by atoms with Crippen LogP contribution in [-0.4, -0.2) is 24.1 Å². The fraction of sp³-hybridized carbons (Fsp3) is 0.167. The number of rotatable bonds is 5. The van der Waals surface area contributed by atoms with Crippen LogP contribution in [-0.2, 0) is 21.4 Å². The highest BCUT2D eigenvalue weighted by Crippen LogP contribution is 2.13. The minimum absolute atomic E-state index is 0.00770. The summed E-state index contributed by atoms with van der Waals surface area (Å²) >= 11 is 5.71. The fourth-order valence-electron chi connectivity index (χ4n) is 1.63. The van der Waals surface area contributed by atoms with E-state index in [2.05, 4.69) is 10.4 Å². The summed E-state index contributed by atoms with van der Waals surface area (Å²) < 4.78 is 23.8. The van der Waals surface area contributed by atoms with Crippen LogP contribution in [0.2, 0.25) is 5.02 Å². The summed E-state index contributed by atoms with van der Waals surface area (Å²) in [4.78, 5) is 11.7.